The van der Waals surface area contributed by atoms with Crippen LogP contribution in [-0.4, -0.2) is 25.5 Å². The van der Waals surface area contributed by atoms with Gasteiger partial charge < -0.3 is 10.1 Å². The average Bonchev–Trinajstić information content (AvgIpc) is 3.37. The van der Waals surface area contributed by atoms with Crippen LogP contribution in [0.2, 0.25) is 0 Å². The van der Waals surface area contributed by atoms with Crippen molar-refractivity contribution in [1.29, 1.82) is 0 Å². The van der Waals surface area contributed by atoms with E-state index in [0.717, 1.165) is 38.3 Å². The lowest BCUT2D eigenvalue weighted by molar-refractivity contribution is 0.0963. The van der Waals surface area contributed by atoms with Gasteiger partial charge in [0.25, 0.3) is 0 Å². The van der Waals surface area contributed by atoms with Crippen LogP contribution in [0.25, 0.3) is 0 Å². The smallest absolute Gasteiger partial charge is 0.168 e. The van der Waals surface area contributed by atoms with Crippen molar-refractivity contribution >= 4 is 5.78 Å². The van der Waals surface area contributed by atoms with E-state index in [2.05, 4.69) is 5.32 Å². The standard InChI is InChI=1S/C18H24FNO2/c19-17-12-15(5-6-16(17)18(21)14-3-4-14)22-11-1-2-13-7-9-20-10-8-13/h5-6,12-14,20H,1-4,7-11H2. The molecule has 1 saturated heterocycles. The zero-order chi connectivity index (χ0) is 15.4. The molecule has 1 saturated carbocycles. The average molecular weight is 305 g/mol. The zero-order valence-electron chi connectivity index (χ0n) is 12.9. The predicted octanol–water partition coefficient (Wildman–Crippen LogP) is 3.58. The summed E-state index contributed by atoms with van der Waals surface area (Å²) in [7, 11) is 0. The van der Waals surface area contributed by atoms with Gasteiger partial charge in [-0.15, -0.1) is 0 Å². The van der Waals surface area contributed by atoms with Crippen molar-refractivity contribution in [1.82, 2.24) is 5.32 Å². The van der Waals surface area contributed by atoms with Gasteiger partial charge in [0.2, 0.25) is 0 Å². The summed E-state index contributed by atoms with van der Waals surface area (Å²) >= 11 is 0. The fraction of sp³-hybridized carbons (Fsp3) is 0.611. The maximum atomic E-state index is 14.0. The van der Waals surface area contributed by atoms with Gasteiger partial charge in [0, 0.05) is 12.0 Å². The molecule has 3 nitrogen and oxygen atoms in total. The van der Waals surface area contributed by atoms with Crippen molar-refractivity contribution < 1.29 is 13.9 Å². The van der Waals surface area contributed by atoms with E-state index in [9.17, 15) is 9.18 Å². The van der Waals surface area contributed by atoms with Crippen LogP contribution in [0.4, 0.5) is 4.39 Å². The number of Topliss-reactive ketones (excluding diaryl/α,β-unsaturated/α-hetero) is 1. The Morgan fingerprint density at radius 1 is 1.23 bits per heavy atom. The molecule has 1 aromatic rings. The monoisotopic (exact) mass is 305 g/mol. The summed E-state index contributed by atoms with van der Waals surface area (Å²) in [6, 6.07) is 4.63. The molecule has 120 valence electrons. The van der Waals surface area contributed by atoms with E-state index < -0.39 is 5.82 Å². The van der Waals surface area contributed by atoms with Gasteiger partial charge in [-0.25, -0.2) is 4.39 Å². The number of ether oxygens (including phenoxy) is 1. The van der Waals surface area contributed by atoms with Crippen molar-refractivity contribution in [3.63, 3.8) is 0 Å². The van der Waals surface area contributed by atoms with Crippen LogP contribution in [0.1, 0.15) is 48.9 Å². The topological polar surface area (TPSA) is 38.3 Å². The number of carbonyl (C=O) groups excluding carboxylic acids is 1. The van der Waals surface area contributed by atoms with Crippen LogP contribution in [0, 0.1) is 17.7 Å². The molecule has 2 aliphatic rings. The molecule has 0 spiro atoms. The van der Waals surface area contributed by atoms with Gasteiger partial charge in [0.05, 0.1) is 12.2 Å². The fourth-order valence-corrected chi connectivity index (χ4v) is 3.08. The van der Waals surface area contributed by atoms with Gasteiger partial charge in [-0.1, -0.05) is 0 Å². The minimum atomic E-state index is -0.451. The second-order valence-corrected chi connectivity index (χ2v) is 6.46. The third kappa shape index (κ3) is 4.07. The number of halogens is 1. The van der Waals surface area contributed by atoms with E-state index in [0.29, 0.717) is 12.4 Å². The predicted molar refractivity (Wildman–Crippen MR) is 83.8 cm³/mol. The third-order valence-corrected chi connectivity index (χ3v) is 4.64. The molecule has 0 radical (unpaired) electrons. The van der Waals surface area contributed by atoms with Crippen LogP contribution in [0.15, 0.2) is 18.2 Å². The number of nitrogens with one attached hydrogen (secondary N) is 1. The minimum Gasteiger partial charge on any atom is -0.493 e. The van der Waals surface area contributed by atoms with Gasteiger partial charge in [-0.2, -0.15) is 0 Å². The Balaban J connectivity index is 1.44. The van der Waals surface area contributed by atoms with E-state index in [1.807, 2.05) is 0 Å². The second kappa shape index (κ2) is 7.23. The quantitative estimate of drug-likeness (QED) is 0.618. The van der Waals surface area contributed by atoms with E-state index in [1.165, 1.54) is 25.3 Å². The Bertz CT molecular complexity index is 522. The molecule has 1 aliphatic carbocycles. The first kappa shape index (κ1) is 15.5. The number of piperidine rings is 1. The van der Waals surface area contributed by atoms with Crippen LogP contribution in [0.3, 0.4) is 0 Å². The summed E-state index contributed by atoms with van der Waals surface area (Å²) < 4.78 is 19.6. The van der Waals surface area contributed by atoms with Crippen molar-refractivity contribution in [2.45, 2.75) is 38.5 Å². The molecule has 0 bridgehead atoms. The Labute approximate surface area is 131 Å². The van der Waals surface area contributed by atoms with Gasteiger partial charge in [-0.3, -0.25) is 4.79 Å². The molecule has 1 aliphatic heterocycles. The lowest BCUT2D eigenvalue weighted by Crippen LogP contribution is -2.27. The first-order chi connectivity index (χ1) is 10.7. The summed E-state index contributed by atoms with van der Waals surface area (Å²) in [4.78, 5) is 11.9. The largest absolute Gasteiger partial charge is 0.493 e. The third-order valence-electron chi connectivity index (χ3n) is 4.64. The highest BCUT2D eigenvalue weighted by Crippen LogP contribution is 2.33. The van der Waals surface area contributed by atoms with Gasteiger partial charge >= 0.3 is 0 Å². The maximum absolute atomic E-state index is 14.0. The molecule has 0 atom stereocenters. The maximum Gasteiger partial charge on any atom is 0.168 e. The van der Waals surface area contributed by atoms with Gasteiger partial charge in [0.1, 0.15) is 11.6 Å². The fourth-order valence-electron chi connectivity index (χ4n) is 3.08. The molecule has 22 heavy (non-hydrogen) atoms. The van der Waals surface area contributed by atoms with Crippen molar-refractivity contribution in [2.24, 2.45) is 11.8 Å². The van der Waals surface area contributed by atoms with E-state index in [1.54, 1.807) is 12.1 Å². The summed E-state index contributed by atoms with van der Waals surface area (Å²) in [6.07, 6.45) is 6.44. The number of carbonyl (C=O) groups is 1. The molecular weight excluding hydrogens is 281 g/mol. The highest BCUT2D eigenvalue weighted by atomic mass is 19.1. The molecule has 2 fully saturated rings. The molecule has 0 amide bonds. The summed E-state index contributed by atoms with van der Waals surface area (Å²) in [6.45, 7) is 2.85. The normalized spacial score (nSPS) is 19.1. The Hall–Kier alpha value is -1.42. The van der Waals surface area contributed by atoms with Crippen LogP contribution in [0.5, 0.6) is 5.75 Å². The minimum absolute atomic E-state index is 0.0475. The molecule has 0 aromatic heterocycles. The lowest BCUT2D eigenvalue weighted by Gasteiger charge is -2.22. The number of benzene rings is 1. The van der Waals surface area contributed by atoms with Crippen molar-refractivity contribution in [3.8, 4) is 5.75 Å². The van der Waals surface area contributed by atoms with Crippen LogP contribution < -0.4 is 10.1 Å². The van der Waals surface area contributed by atoms with Crippen LogP contribution in [-0.2, 0) is 0 Å². The lowest BCUT2D eigenvalue weighted by atomic mass is 9.93. The number of rotatable bonds is 7. The molecule has 1 heterocycles. The summed E-state index contributed by atoms with van der Waals surface area (Å²) in [5.74, 6) is 0.851. The van der Waals surface area contributed by atoms with Gasteiger partial charge in [-0.05, 0) is 69.7 Å². The van der Waals surface area contributed by atoms with Crippen molar-refractivity contribution in [2.75, 3.05) is 19.7 Å². The van der Waals surface area contributed by atoms with E-state index in [-0.39, 0.29) is 17.3 Å². The second-order valence-electron chi connectivity index (χ2n) is 6.46. The summed E-state index contributed by atoms with van der Waals surface area (Å²) in [5, 5.41) is 3.36. The highest BCUT2D eigenvalue weighted by molar-refractivity contribution is 5.99. The van der Waals surface area contributed by atoms with Gasteiger partial charge in [0.15, 0.2) is 5.78 Å². The number of hydrogen-bond acceptors (Lipinski definition) is 3. The first-order valence-electron chi connectivity index (χ1n) is 8.41. The molecule has 1 N–H and O–H groups in total. The molecule has 3 rings (SSSR count). The number of hydrogen-bond donors (Lipinski definition) is 1. The van der Waals surface area contributed by atoms with E-state index >= 15 is 0 Å². The molecule has 4 heteroatoms. The van der Waals surface area contributed by atoms with Crippen molar-refractivity contribution in [3.05, 3.63) is 29.6 Å². The zero-order valence-corrected chi connectivity index (χ0v) is 12.9. The van der Waals surface area contributed by atoms with Crippen LogP contribution >= 0.6 is 0 Å². The SMILES string of the molecule is O=C(c1ccc(OCCCC2CCNCC2)cc1F)C1CC1. The Morgan fingerprint density at radius 2 is 2.00 bits per heavy atom. The first-order valence-corrected chi connectivity index (χ1v) is 8.41. The Morgan fingerprint density at radius 3 is 2.68 bits per heavy atom. The summed E-state index contributed by atoms with van der Waals surface area (Å²) in [5.41, 5.74) is 0.213. The molecule has 1 aromatic carbocycles. The Kier molecular flexibility index (Phi) is 5.08. The van der Waals surface area contributed by atoms with E-state index in [4.69, 9.17) is 4.74 Å². The highest BCUT2D eigenvalue weighted by Gasteiger charge is 2.31. The molecule has 0 unspecified atom stereocenters. The number of ketones is 1. The molecular formula is C18H24FNO2.